The van der Waals surface area contributed by atoms with E-state index >= 15 is 0 Å². The highest BCUT2D eigenvalue weighted by Crippen LogP contribution is 2.04. The molecule has 0 fully saturated rings. The Labute approximate surface area is 101 Å². The molecule has 3 heteroatoms. The molecule has 0 atom stereocenters. The second kappa shape index (κ2) is 8.36. The van der Waals surface area contributed by atoms with Gasteiger partial charge in [-0.05, 0) is 42.7 Å². The number of hydrogen-bond donors (Lipinski definition) is 1. The van der Waals surface area contributed by atoms with Gasteiger partial charge in [0.15, 0.2) is 0 Å². The predicted molar refractivity (Wildman–Crippen MR) is 71.3 cm³/mol. The third kappa shape index (κ3) is 5.93. The third-order valence-corrected chi connectivity index (χ3v) is 2.84. The molecule has 16 heavy (non-hydrogen) atoms. The van der Waals surface area contributed by atoms with Crippen LogP contribution in [0.2, 0.25) is 0 Å². The Balaban J connectivity index is 2.14. The minimum Gasteiger partial charge on any atom is -0.313 e. The molecule has 0 saturated heterocycles. The topological polar surface area (TPSA) is 12.0 Å². The van der Waals surface area contributed by atoms with Crippen LogP contribution in [0, 0.1) is 5.82 Å². The lowest BCUT2D eigenvalue weighted by molar-refractivity contribution is 0.628. The van der Waals surface area contributed by atoms with Crippen molar-refractivity contribution in [3.05, 3.63) is 41.7 Å². The zero-order valence-corrected chi connectivity index (χ0v) is 10.4. The third-order valence-electron chi connectivity index (χ3n) is 2.14. The predicted octanol–water partition coefficient (Wildman–Crippen LogP) is 3.18. The molecule has 1 nitrogen and oxygen atoms in total. The summed E-state index contributed by atoms with van der Waals surface area (Å²) in [7, 11) is 0. The van der Waals surface area contributed by atoms with Crippen LogP contribution in [0.15, 0.2) is 30.3 Å². The minimum absolute atomic E-state index is 0.188. The molecule has 0 heterocycles. The first kappa shape index (κ1) is 13.3. The van der Waals surface area contributed by atoms with Gasteiger partial charge in [-0.15, -0.1) is 0 Å². The van der Waals surface area contributed by atoms with E-state index in [0.29, 0.717) is 0 Å². The lowest BCUT2D eigenvalue weighted by Crippen LogP contribution is -2.15. The van der Waals surface area contributed by atoms with Gasteiger partial charge in [0.25, 0.3) is 0 Å². The summed E-state index contributed by atoms with van der Waals surface area (Å²) < 4.78 is 12.6. The Hall–Kier alpha value is -0.800. The Bertz CT molecular complexity index is 308. The number of nitrogens with one attached hydrogen (secondary N) is 1. The molecule has 1 aromatic rings. The summed E-state index contributed by atoms with van der Waals surface area (Å²) in [5.41, 5.74) is 1.03. The normalized spacial score (nSPS) is 11.1. The average Bonchev–Trinajstić information content (AvgIpc) is 2.30. The van der Waals surface area contributed by atoms with Crippen LogP contribution >= 0.6 is 11.8 Å². The Morgan fingerprint density at radius 1 is 1.31 bits per heavy atom. The fourth-order valence-electron chi connectivity index (χ4n) is 1.30. The number of rotatable bonds is 7. The van der Waals surface area contributed by atoms with Gasteiger partial charge >= 0.3 is 0 Å². The largest absolute Gasteiger partial charge is 0.313 e. The van der Waals surface area contributed by atoms with E-state index in [0.717, 1.165) is 18.7 Å². The van der Waals surface area contributed by atoms with Crippen LogP contribution in [0.25, 0.3) is 6.08 Å². The van der Waals surface area contributed by atoms with Crippen LogP contribution in [0.3, 0.4) is 0 Å². The molecule has 1 rings (SSSR count). The molecule has 0 aliphatic carbocycles. The molecule has 0 unspecified atom stereocenters. The van der Waals surface area contributed by atoms with Crippen molar-refractivity contribution in [1.82, 2.24) is 5.32 Å². The summed E-state index contributed by atoms with van der Waals surface area (Å²) in [6.07, 6.45) is 7.38. The van der Waals surface area contributed by atoms with Gasteiger partial charge in [0.1, 0.15) is 5.82 Å². The Morgan fingerprint density at radius 2 is 2.06 bits per heavy atom. The molecule has 0 radical (unpaired) electrons. The first-order valence-electron chi connectivity index (χ1n) is 5.44. The maximum atomic E-state index is 12.6. The SMILES string of the molecule is CSCCCNC/C=C/c1ccc(F)cc1. The molecule has 0 bridgehead atoms. The first-order chi connectivity index (χ1) is 7.83. The van der Waals surface area contributed by atoms with E-state index in [1.165, 1.54) is 24.3 Å². The zero-order chi connectivity index (χ0) is 11.6. The number of hydrogen-bond acceptors (Lipinski definition) is 2. The monoisotopic (exact) mass is 239 g/mol. The van der Waals surface area contributed by atoms with E-state index in [4.69, 9.17) is 0 Å². The molecule has 1 aromatic carbocycles. The van der Waals surface area contributed by atoms with Crippen molar-refractivity contribution in [2.75, 3.05) is 25.1 Å². The lowest BCUT2D eigenvalue weighted by atomic mass is 10.2. The van der Waals surface area contributed by atoms with Gasteiger partial charge in [-0.1, -0.05) is 24.3 Å². The summed E-state index contributed by atoms with van der Waals surface area (Å²) in [5, 5.41) is 3.33. The lowest BCUT2D eigenvalue weighted by Gasteiger charge is -1.99. The maximum absolute atomic E-state index is 12.6. The van der Waals surface area contributed by atoms with E-state index in [-0.39, 0.29) is 5.82 Å². The quantitative estimate of drug-likeness (QED) is 0.733. The van der Waals surface area contributed by atoms with Gasteiger partial charge in [0.05, 0.1) is 0 Å². The molecule has 0 aromatic heterocycles. The van der Waals surface area contributed by atoms with Crippen LogP contribution in [0.1, 0.15) is 12.0 Å². The standard InChI is InChI=1S/C13H18FNS/c1-16-11-3-10-15-9-2-4-12-5-7-13(14)8-6-12/h2,4-8,15H,3,9-11H2,1H3/b4-2+. The molecule has 88 valence electrons. The van der Waals surface area contributed by atoms with Crippen molar-refractivity contribution in [3.63, 3.8) is 0 Å². The van der Waals surface area contributed by atoms with E-state index in [2.05, 4.69) is 17.6 Å². The van der Waals surface area contributed by atoms with E-state index in [9.17, 15) is 4.39 Å². The highest BCUT2D eigenvalue weighted by Gasteiger charge is 1.88. The first-order valence-corrected chi connectivity index (χ1v) is 6.84. The van der Waals surface area contributed by atoms with Crippen molar-refractivity contribution in [2.45, 2.75) is 6.42 Å². The molecular formula is C13H18FNS. The highest BCUT2D eigenvalue weighted by atomic mass is 32.2. The molecular weight excluding hydrogens is 221 g/mol. The second-order valence-electron chi connectivity index (χ2n) is 3.50. The summed E-state index contributed by atoms with van der Waals surface area (Å²) in [6.45, 7) is 1.92. The molecule has 1 N–H and O–H groups in total. The van der Waals surface area contributed by atoms with E-state index < -0.39 is 0 Å². The number of benzene rings is 1. The highest BCUT2D eigenvalue weighted by molar-refractivity contribution is 7.98. The van der Waals surface area contributed by atoms with Gasteiger partial charge in [-0.2, -0.15) is 11.8 Å². The maximum Gasteiger partial charge on any atom is 0.123 e. The van der Waals surface area contributed by atoms with Crippen molar-refractivity contribution in [2.24, 2.45) is 0 Å². The van der Waals surface area contributed by atoms with Crippen LogP contribution < -0.4 is 5.32 Å². The van der Waals surface area contributed by atoms with Crippen molar-refractivity contribution >= 4 is 17.8 Å². The second-order valence-corrected chi connectivity index (χ2v) is 4.49. The van der Waals surface area contributed by atoms with E-state index in [1.54, 1.807) is 12.1 Å². The summed E-state index contributed by atoms with van der Waals surface area (Å²) in [4.78, 5) is 0. The summed E-state index contributed by atoms with van der Waals surface area (Å²) in [5.74, 6) is 1.02. The van der Waals surface area contributed by atoms with Crippen molar-refractivity contribution in [1.29, 1.82) is 0 Å². The molecule has 0 aliphatic heterocycles. The van der Waals surface area contributed by atoms with Gasteiger partial charge in [-0.3, -0.25) is 0 Å². The summed E-state index contributed by atoms with van der Waals surface area (Å²) in [6, 6.07) is 6.51. The molecule has 0 saturated carbocycles. The van der Waals surface area contributed by atoms with E-state index in [1.807, 2.05) is 17.8 Å². The number of thioether (sulfide) groups is 1. The molecule has 0 spiro atoms. The Morgan fingerprint density at radius 3 is 2.75 bits per heavy atom. The van der Waals surface area contributed by atoms with Crippen LogP contribution in [-0.4, -0.2) is 25.1 Å². The minimum atomic E-state index is -0.188. The average molecular weight is 239 g/mol. The van der Waals surface area contributed by atoms with Gasteiger partial charge in [0.2, 0.25) is 0 Å². The number of halogens is 1. The fourth-order valence-corrected chi connectivity index (χ4v) is 1.73. The van der Waals surface area contributed by atoms with Crippen LogP contribution in [0.4, 0.5) is 4.39 Å². The smallest absolute Gasteiger partial charge is 0.123 e. The Kier molecular flexibility index (Phi) is 6.93. The molecule has 0 amide bonds. The van der Waals surface area contributed by atoms with Gasteiger partial charge < -0.3 is 5.32 Å². The van der Waals surface area contributed by atoms with Crippen molar-refractivity contribution in [3.8, 4) is 0 Å². The van der Waals surface area contributed by atoms with Gasteiger partial charge in [-0.25, -0.2) is 4.39 Å². The molecule has 0 aliphatic rings. The zero-order valence-electron chi connectivity index (χ0n) is 9.58. The van der Waals surface area contributed by atoms with Crippen LogP contribution in [-0.2, 0) is 0 Å². The van der Waals surface area contributed by atoms with Gasteiger partial charge in [0, 0.05) is 6.54 Å². The van der Waals surface area contributed by atoms with Crippen LogP contribution in [0.5, 0.6) is 0 Å². The summed E-state index contributed by atoms with van der Waals surface area (Å²) >= 11 is 1.87. The fraction of sp³-hybridized carbons (Fsp3) is 0.385. The van der Waals surface area contributed by atoms with Crippen molar-refractivity contribution < 1.29 is 4.39 Å².